The molecule has 0 saturated carbocycles. The van der Waals surface area contributed by atoms with E-state index in [1.54, 1.807) is 44.4 Å². The Morgan fingerprint density at radius 3 is 2.35 bits per heavy atom. The third-order valence-corrected chi connectivity index (χ3v) is 9.82. The summed E-state index contributed by atoms with van der Waals surface area (Å²) in [5, 5.41) is 15.1. The summed E-state index contributed by atoms with van der Waals surface area (Å²) in [6.45, 7) is 4.59. The van der Waals surface area contributed by atoms with Gasteiger partial charge in [-0.15, -0.1) is 0 Å². The Morgan fingerprint density at radius 2 is 1.77 bits per heavy atom. The fourth-order valence-electron chi connectivity index (χ4n) is 5.56. The van der Waals surface area contributed by atoms with Gasteiger partial charge in [0.25, 0.3) is 5.69 Å². The number of non-ortho nitro benzene ring substituents is 1. The summed E-state index contributed by atoms with van der Waals surface area (Å²) < 4.78 is 44.4. The van der Waals surface area contributed by atoms with Gasteiger partial charge < -0.3 is 28.6 Å². The molecule has 4 heterocycles. The smallest absolute Gasteiger partial charge is 0.360 e. The highest BCUT2D eigenvalue weighted by Crippen LogP contribution is 2.64. The molecule has 0 amide bonds. The minimum Gasteiger partial charge on any atom is -0.457 e. The van der Waals surface area contributed by atoms with Gasteiger partial charge in [-0.25, -0.2) is 4.79 Å². The van der Waals surface area contributed by atoms with E-state index in [9.17, 15) is 19.5 Å². The minimum absolute atomic E-state index is 0.0186. The van der Waals surface area contributed by atoms with Crippen LogP contribution >= 0.6 is 7.60 Å². The summed E-state index contributed by atoms with van der Waals surface area (Å²) in [6, 6.07) is 9.43. The topological polar surface area (TPSA) is 148 Å². The Balaban J connectivity index is 1.55. The first-order chi connectivity index (χ1) is 20.7. The van der Waals surface area contributed by atoms with E-state index in [4.69, 9.17) is 23.3 Å². The van der Waals surface area contributed by atoms with E-state index in [-0.39, 0.29) is 48.6 Å². The zero-order chi connectivity index (χ0) is 30.4. The summed E-state index contributed by atoms with van der Waals surface area (Å²) in [5.41, 5.74) is 1.94. The maximum atomic E-state index is 15.0. The SMILES string of the molecule is CC1=C(C(=O)OCc2cccnc2)C(c2cccc([N+](=O)[O-])c2)C(P(=O)(OCC2CCCO2)OCC2CCCO2)=C(C)N1. The molecule has 1 N–H and O–H groups in total. The van der Waals surface area contributed by atoms with Crippen LogP contribution in [0.25, 0.3) is 0 Å². The van der Waals surface area contributed by atoms with E-state index in [0.717, 1.165) is 25.7 Å². The highest BCUT2D eigenvalue weighted by Gasteiger charge is 2.46. The Labute approximate surface area is 250 Å². The van der Waals surface area contributed by atoms with Crippen molar-refractivity contribution >= 4 is 19.3 Å². The lowest BCUT2D eigenvalue weighted by molar-refractivity contribution is -0.384. The van der Waals surface area contributed by atoms with Gasteiger partial charge in [0.1, 0.15) is 6.61 Å². The molecule has 1 aromatic heterocycles. The summed E-state index contributed by atoms with van der Waals surface area (Å²) in [5.74, 6) is -1.71. The van der Waals surface area contributed by atoms with Crippen molar-refractivity contribution in [2.24, 2.45) is 0 Å². The Hall–Kier alpha value is -3.41. The molecule has 0 aliphatic carbocycles. The number of hydrogen-bond donors (Lipinski definition) is 1. The zero-order valence-corrected chi connectivity index (χ0v) is 25.1. The fraction of sp³-hybridized carbons (Fsp3) is 0.467. The normalized spacial score (nSPS) is 23.6. The third kappa shape index (κ3) is 7.39. The van der Waals surface area contributed by atoms with Crippen molar-refractivity contribution in [3.05, 3.63) is 92.3 Å². The van der Waals surface area contributed by atoms with E-state index >= 15 is 0 Å². The predicted octanol–water partition coefficient (Wildman–Crippen LogP) is 5.51. The predicted molar refractivity (Wildman–Crippen MR) is 156 cm³/mol. The number of allylic oxidation sites excluding steroid dienone is 3. The van der Waals surface area contributed by atoms with Gasteiger partial charge in [0.05, 0.1) is 47.2 Å². The molecule has 12 nitrogen and oxygen atoms in total. The number of rotatable bonds is 12. The van der Waals surface area contributed by atoms with E-state index < -0.39 is 24.4 Å². The van der Waals surface area contributed by atoms with Gasteiger partial charge in [-0.05, 0) is 51.2 Å². The molecular formula is C30H36N3O9P. The number of carbonyl (C=O) groups is 1. The first-order valence-corrected chi connectivity index (χ1v) is 15.9. The molecule has 0 radical (unpaired) electrons. The van der Waals surface area contributed by atoms with E-state index in [1.807, 2.05) is 0 Å². The first kappa shape index (κ1) is 31.0. The molecule has 0 bridgehead atoms. The molecule has 230 valence electrons. The van der Waals surface area contributed by atoms with Gasteiger partial charge in [0.15, 0.2) is 0 Å². The number of nitro benzene ring substituents is 1. The molecule has 5 rings (SSSR count). The molecule has 43 heavy (non-hydrogen) atoms. The number of esters is 1. The monoisotopic (exact) mass is 613 g/mol. The molecule has 0 spiro atoms. The number of aromatic nitrogens is 1. The van der Waals surface area contributed by atoms with Crippen LogP contribution in [-0.4, -0.2) is 54.5 Å². The molecule has 3 aliphatic heterocycles. The summed E-state index contributed by atoms with van der Waals surface area (Å²) >= 11 is 0. The lowest BCUT2D eigenvalue weighted by Crippen LogP contribution is -2.30. The van der Waals surface area contributed by atoms with Gasteiger partial charge in [0, 0.05) is 54.7 Å². The van der Waals surface area contributed by atoms with Crippen LogP contribution in [0.1, 0.15) is 56.6 Å². The van der Waals surface area contributed by atoms with Gasteiger partial charge >= 0.3 is 13.6 Å². The van der Waals surface area contributed by atoms with Gasteiger partial charge in [-0.3, -0.25) is 19.7 Å². The van der Waals surface area contributed by atoms with Crippen molar-refractivity contribution in [3.63, 3.8) is 0 Å². The molecule has 13 heteroatoms. The van der Waals surface area contributed by atoms with Gasteiger partial charge in [0.2, 0.25) is 0 Å². The third-order valence-electron chi connectivity index (χ3n) is 7.66. The van der Waals surface area contributed by atoms with Crippen molar-refractivity contribution in [1.29, 1.82) is 0 Å². The van der Waals surface area contributed by atoms with Crippen molar-refractivity contribution in [2.75, 3.05) is 26.4 Å². The average molecular weight is 614 g/mol. The molecule has 3 unspecified atom stereocenters. The van der Waals surface area contributed by atoms with Crippen LogP contribution in [-0.2, 0) is 39.2 Å². The Kier molecular flexibility index (Phi) is 10.0. The number of ether oxygens (including phenoxy) is 3. The Morgan fingerprint density at radius 1 is 1.07 bits per heavy atom. The number of benzene rings is 1. The number of nitro groups is 1. The number of nitrogens with one attached hydrogen (secondary N) is 1. The van der Waals surface area contributed by atoms with Crippen LogP contribution in [0.4, 0.5) is 5.69 Å². The molecule has 2 aromatic rings. The second-order valence-corrected chi connectivity index (χ2v) is 12.7. The number of nitrogens with zero attached hydrogens (tertiary/aromatic N) is 2. The molecule has 3 atom stereocenters. The van der Waals surface area contributed by atoms with Gasteiger partial charge in [-0.1, -0.05) is 18.2 Å². The highest BCUT2D eigenvalue weighted by atomic mass is 31.2. The number of pyridine rings is 1. The van der Waals surface area contributed by atoms with E-state index in [0.29, 0.717) is 35.7 Å². The quantitative estimate of drug-likeness (QED) is 0.140. The molecular weight excluding hydrogens is 577 g/mol. The van der Waals surface area contributed by atoms with Crippen molar-refractivity contribution in [1.82, 2.24) is 10.3 Å². The van der Waals surface area contributed by atoms with E-state index in [2.05, 4.69) is 10.3 Å². The first-order valence-electron chi connectivity index (χ1n) is 14.4. The second kappa shape index (κ2) is 13.9. The molecule has 2 saturated heterocycles. The average Bonchev–Trinajstić information content (AvgIpc) is 3.73. The largest absolute Gasteiger partial charge is 0.457 e. The summed E-state index contributed by atoms with van der Waals surface area (Å²) in [6.07, 6.45) is 5.93. The molecule has 3 aliphatic rings. The zero-order valence-electron chi connectivity index (χ0n) is 24.2. The number of dihydropyridines is 1. The fourth-order valence-corrected chi connectivity index (χ4v) is 7.70. The minimum atomic E-state index is -4.16. The van der Waals surface area contributed by atoms with E-state index in [1.165, 1.54) is 18.2 Å². The number of carbonyl (C=O) groups excluding carboxylic acids is 1. The number of hydrogen-bond acceptors (Lipinski definition) is 11. The second-order valence-electron chi connectivity index (χ2n) is 10.8. The lowest BCUT2D eigenvalue weighted by Gasteiger charge is -2.35. The summed E-state index contributed by atoms with van der Waals surface area (Å²) in [7, 11) is -4.16. The van der Waals surface area contributed by atoms with Crippen molar-refractivity contribution < 1.29 is 37.5 Å². The molecule has 2 fully saturated rings. The van der Waals surface area contributed by atoms with Gasteiger partial charge in [-0.2, -0.15) is 0 Å². The maximum absolute atomic E-state index is 15.0. The van der Waals surface area contributed by atoms with Crippen LogP contribution in [0, 0.1) is 10.1 Å². The van der Waals surface area contributed by atoms with Crippen LogP contribution < -0.4 is 5.32 Å². The summed E-state index contributed by atoms with van der Waals surface area (Å²) in [4.78, 5) is 29.1. The maximum Gasteiger partial charge on any atom is 0.360 e. The Bertz CT molecular complexity index is 1410. The van der Waals surface area contributed by atoms with Crippen LogP contribution in [0.5, 0.6) is 0 Å². The standard InChI is InChI=1S/C30H36N3O9P/c1-20-27(30(34)40-17-22-7-4-12-31-16-22)28(23-8-3-9-24(15-23)33(35)36)29(21(2)32-20)43(37,41-18-25-10-5-13-38-25)42-19-26-11-6-14-39-26/h3-4,7-9,12,15-16,25-26,28,32H,5-6,10-11,13-14,17-19H2,1-2H3. The van der Waals surface area contributed by atoms with Crippen LogP contribution in [0.2, 0.25) is 0 Å². The van der Waals surface area contributed by atoms with Crippen LogP contribution in [0.3, 0.4) is 0 Å². The lowest BCUT2D eigenvalue weighted by atomic mass is 9.86. The molecule has 1 aromatic carbocycles. The van der Waals surface area contributed by atoms with Crippen molar-refractivity contribution in [2.45, 2.75) is 64.3 Å². The highest BCUT2D eigenvalue weighted by molar-refractivity contribution is 7.58. The van der Waals surface area contributed by atoms with Crippen LogP contribution in [0.15, 0.2) is 71.1 Å². The van der Waals surface area contributed by atoms with Crippen molar-refractivity contribution in [3.8, 4) is 0 Å².